The molecule has 4 heteroatoms. The first-order valence-corrected chi connectivity index (χ1v) is 12.7. The van der Waals surface area contributed by atoms with E-state index in [0.29, 0.717) is 0 Å². The standard InChI is InChI=1S/C27H54N2O2/c1-12-13-14-15-16-17-18-29-25(5,6)19-22(20-26(29,7)8)31-23(30)27(9,28(10)11)21-24(2,3)4/h22H,12-21H2,1-11H3. The van der Waals surface area contributed by atoms with Crippen LogP contribution in [-0.2, 0) is 9.53 Å². The van der Waals surface area contributed by atoms with Crippen molar-refractivity contribution in [2.24, 2.45) is 5.41 Å². The summed E-state index contributed by atoms with van der Waals surface area (Å²) in [5, 5.41) is 0. The van der Waals surface area contributed by atoms with E-state index in [1.807, 2.05) is 25.9 Å². The van der Waals surface area contributed by atoms with Gasteiger partial charge in [0.2, 0.25) is 0 Å². The molecule has 0 aromatic heterocycles. The van der Waals surface area contributed by atoms with Crippen LogP contribution >= 0.6 is 0 Å². The summed E-state index contributed by atoms with van der Waals surface area (Å²) >= 11 is 0. The highest BCUT2D eigenvalue weighted by Gasteiger charge is 2.48. The number of carbonyl (C=O) groups excluding carboxylic acids is 1. The minimum Gasteiger partial charge on any atom is -0.461 e. The lowest BCUT2D eigenvalue weighted by atomic mass is 9.77. The van der Waals surface area contributed by atoms with Crippen molar-refractivity contribution >= 4 is 5.97 Å². The number of carbonyl (C=O) groups is 1. The second-order valence-electron chi connectivity index (χ2n) is 12.9. The second-order valence-corrected chi connectivity index (χ2v) is 12.9. The highest BCUT2D eigenvalue weighted by atomic mass is 16.5. The number of piperidine rings is 1. The van der Waals surface area contributed by atoms with Gasteiger partial charge in [-0.05, 0) is 73.5 Å². The predicted molar refractivity (Wildman–Crippen MR) is 134 cm³/mol. The molecule has 0 radical (unpaired) electrons. The van der Waals surface area contributed by atoms with Crippen molar-refractivity contribution in [1.82, 2.24) is 9.80 Å². The zero-order valence-corrected chi connectivity index (χ0v) is 22.9. The van der Waals surface area contributed by atoms with Crippen molar-refractivity contribution in [3.05, 3.63) is 0 Å². The van der Waals surface area contributed by atoms with Crippen LogP contribution in [0, 0.1) is 5.41 Å². The summed E-state index contributed by atoms with van der Waals surface area (Å²) < 4.78 is 6.25. The van der Waals surface area contributed by atoms with Gasteiger partial charge in [0, 0.05) is 23.9 Å². The summed E-state index contributed by atoms with van der Waals surface area (Å²) in [4.78, 5) is 18.1. The lowest BCUT2D eigenvalue weighted by molar-refractivity contribution is -0.173. The molecule has 1 aliphatic heterocycles. The number of likely N-dealkylation sites (N-methyl/N-ethyl adjacent to an activating group) is 1. The third-order valence-corrected chi connectivity index (χ3v) is 7.23. The van der Waals surface area contributed by atoms with Crippen LogP contribution in [0.5, 0.6) is 0 Å². The number of hydrogen-bond acceptors (Lipinski definition) is 4. The van der Waals surface area contributed by atoms with Crippen molar-refractivity contribution < 1.29 is 9.53 Å². The van der Waals surface area contributed by atoms with E-state index in [9.17, 15) is 4.79 Å². The maximum atomic E-state index is 13.4. The van der Waals surface area contributed by atoms with Crippen molar-refractivity contribution in [3.8, 4) is 0 Å². The van der Waals surface area contributed by atoms with E-state index in [2.05, 4.69) is 60.3 Å². The Morgan fingerprint density at radius 3 is 1.87 bits per heavy atom. The van der Waals surface area contributed by atoms with E-state index in [0.717, 1.165) is 25.8 Å². The van der Waals surface area contributed by atoms with Crippen LogP contribution < -0.4 is 0 Å². The van der Waals surface area contributed by atoms with E-state index in [4.69, 9.17) is 4.74 Å². The molecule has 0 aliphatic carbocycles. The van der Waals surface area contributed by atoms with Gasteiger partial charge < -0.3 is 4.74 Å². The highest BCUT2D eigenvalue weighted by Crippen LogP contribution is 2.41. The third-order valence-electron chi connectivity index (χ3n) is 7.23. The zero-order chi connectivity index (χ0) is 24.1. The lowest BCUT2D eigenvalue weighted by Crippen LogP contribution is -2.63. The van der Waals surface area contributed by atoms with E-state index in [-0.39, 0.29) is 28.6 Å². The van der Waals surface area contributed by atoms with Gasteiger partial charge in [-0.25, -0.2) is 0 Å². The monoisotopic (exact) mass is 438 g/mol. The maximum absolute atomic E-state index is 13.4. The molecule has 1 fully saturated rings. The molecule has 0 N–H and O–H groups in total. The summed E-state index contributed by atoms with van der Waals surface area (Å²) in [7, 11) is 3.98. The van der Waals surface area contributed by atoms with Crippen LogP contribution in [0.15, 0.2) is 0 Å². The quantitative estimate of drug-likeness (QED) is 0.266. The fraction of sp³-hybridized carbons (Fsp3) is 0.963. The fourth-order valence-electron chi connectivity index (χ4n) is 5.69. The number of rotatable bonds is 11. The van der Waals surface area contributed by atoms with Gasteiger partial charge in [-0.15, -0.1) is 0 Å². The van der Waals surface area contributed by atoms with Gasteiger partial charge in [0.25, 0.3) is 0 Å². The van der Waals surface area contributed by atoms with Crippen LogP contribution in [0.3, 0.4) is 0 Å². The number of nitrogens with zero attached hydrogens (tertiary/aromatic N) is 2. The molecule has 0 amide bonds. The van der Waals surface area contributed by atoms with Crippen LogP contribution in [0.25, 0.3) is 0 Å². The molecule has 0 saturated carbocycles. The van der Waals surface area contributed by atoms with Crippen LogP contribution in [0.2, 0.25) is 0 Å². The maximum Gasteiger partial charge on any atom is 0.326 e. The summed E-state index contributed by atoms with van der Waals surface area (Å²) in [5.74, 6) is -0.0756. The Kier molecular flexibility index (Phi) is 10.1. The first-order valence-electron chi connectivity index (χ1n) is 12.7. The molecule has 1 atom stereocenters. The van der Waals surface area contributed by atoms with Crippen LogP contribution in [0.4, 0.5) is 0 Å². The van der Waals surface area contributed by atoms with Gasteiger partial charge in [-0.2, -0.15) is 0 Å². The Labute approximate surface area is 194 Å². The summed E-state index contributed by atoms with van der Waals surface area (Å²) in [6.07, 6.45) is 10.5. The van der Waals surface area contributed by atoms with Crippen molar-refractivity contribution in [1.29, 1.82) is 0 Å². The van der Waals surface area contributed by atoms with Crippen molar-refractivity contribution in [2.75, 3.05) is 20.6 Å². The van der Waals surface area contributed by atoms with Crippen LogP contribution in [-0.4, -0.2) is 59.1 Å². The lowest BCUT2D eigenvalue weighted by Gasteiger charge is -2.55. The molecule has 1 aliphatic rings. The predicted octanol–water partition coefficient (Wildman–Crippen LogP) is 6.67. The first-order chi connectivity index (χ1) is 14.0. The fourth-order valence-corrected chi connectivity index (χ4v) is 5.69. The Bertz CT molecular complexity index is 544. The van der Waals surface area contributed by atoms with Crippen LogP contribution in [0.1, 0.15) is 120 Å². The van der Waals surface area contributed by atoms with Gasteiger partial charge in [0.1, 0.15) is 11.6 Å². The number of ether oxygens (including phenoxy) is 1. The number of hydrogen-bond donors (Lipinski definition) is 0. The molecule has 0 bridgehead atoms. The molecule has 1 unspecified atom stereocenters. The summed E-state index contributed by atoms with van der Waals surface area (Å²) in [6.45, 7) is 21.3. The smallest absolute Gasteiger partial charge is 0.326 e. The average molecular weight is 439 g/mol. The molecule has 1 heterocycles. The molecular weight excluding hydrogens is 384 g/mol. The summed E-state index contributed by atoms with van der Waals surface area (Å²) in [6, 6.07) is 0. The Morgan fingerprint density at radius 1 is 0.935 bits per heavy atom. The molecule has 1 rings (SSSR count). The van der Waals surface area contributed by atoms with Gasteiger partial charge in [0.15, 0.2) is 0 Å². The molecule has 1 saturated heterocycles. The van der Waals surface area contributed by atoms with E-state index in [1.54, 1.807) is 0 Å². The largest absolute Gasteiger partial charge is 0.461 e. The Morgan fingerprint density at radius 2 is 1.42 bits per heavy atom. The van der Waals surface area contributed by atoms with E-state index >= 15 is 0 Å². The SMILES string of the molecule is CCCCCCCCN1C(C)(C)CC(OC(=O)C(C)(CC(C)(C)C)N(C)C)CC1(C)C. The zero-order valence-electron chi connectivity index (χ0n) is 22.9. The van der Waals surface area contributed by atoms with Gasteiger partial charge in [-0.3, -0.25) is 14.6 Å². The molecule has 184 valence electrons. The molecule has 0 aromatic carbocycles. The highest BCUT2D eigenvalue weighted by molar-refractivity contribution is 5.80. The van der Waals surface area contributed by atoms with E-state index < -0.39 is 5.54 Å². The molecule has 31 heavy (non-hydrogen) atoms. The number of unbranched alkanes of at least 4 members (excludes halogenated alkanes) is 5. The summed E-state index contributed by atoms with van der Waals surface area (Å²) in [5.41, 5.74) is -0.511. The van der Waals surface area contributed by atoms with Crippen molar-refractivity contribution in [2.45, 2.75) is 143 Å². The Balaban J connectivity index is 2.81. The minimum atomic E-state index is -0.609. The number of esters is 1. The molecule has 0 spiro atoms. The van der Waals surface area contributed by atoms with Gasteiger partial charge >= 0.3 is 5.97 Å². The molecule has 0 aromatic rings. The first kappa shape index (κ1) is 28.4. The van der Waals surface area contributed by atoms with Gasteiger partial charge in [0.05, 0.1) is 0 Å². The second kappa shape index (κ2) is 11.0. The third kappa shape index (κ3) is 8.35. The number of likely N-dealkylation sites (tertiary alicyclic amines) is 1. The normalized spacial score (nSPS) is 21.8. The average Bonchev–Trinajstić information content (AvgIpc) is 2.56. The van der Waals surface area contributed by atoms with E-state index in [1.165, 1.54) is 38.5 Å². The minimum absolute atomic E-state index is 0.0225. The van der Waals surface area contributed by atoms with Gasteiger partial charge in [-0.1, -0.05) is 59.8 Å². The molecular formula is C27H54N2O2. The topological polar surface area (TPSA) is 32.8 Å². The molecule has 4 nitrogen and oxygen atoms in total. The Hall–Kier alpha value is -0.610. The van der Waals surface area contributed by atoms with Crippen molar-refractivity contribution in [3.63, 3.8) is 0 Å².